The number of hydrogen-bond donors (Lipinski definition) is 1. The number of cyclic esters (lactones) is 1. The highest BCUT2D eigenvalue weighted by Gasteiger charge is 2.17. The van der Waals surface area contributed by atoms with Crippen LogP contribution in [0.15, 0.2) is 0 Å². The number of carbonyl (C=O) groups is 1. The molecule has 1 saturated heterocycles. The molecule has 0 radical (unpaired) electrons. The molecule has 1 rings (SSSR count). The van der Waals surface area contributed by atoms with Gasteiger partial charge in [0.05, 0.1) is 11.9 Å². The number of rotatable bonds is 0. The van der Waals surface area contributed by atoms with E-state index in [0.29, 0.717) is 6.61 Å². The molecule has 1 aliphatic rings. The first kappa shape index (κ1) is 6.93. The Kier molecular flexibility index (Phi) is 2.39. The summed E-state index contributed by atoms with van der Waals surface area (Å²) in [6.07, 6.45) is 2.91. The maximum absolute atomic E-state index is 10.7. The highest BCUT2D eigenvalue weighted by molar-refractivity contribution is 7.81. The molecule has 1 fully saturated rings. The van der Waals surface area contributed by atoms with Gasteiger partial charge in [0.15, 0.2) is 0 Å². The van der Waals surface area contributed by atoms with Gasteiger partial charge >= 0.3 is 5.97 Å². The molecule has 52 valence electrons. The molecular formula is C6H10O2S. The van der Waals surface area contributed by atoms with Crippen LogP contribution in [0.1, 0.15) is 19.3 Å². The fourth-order valence-corrected chi connectivity index (χ4v) is 1.08. The van der Waals surface area contributed by atoms with Crippen molar-refractivity contribution in [1.82, 2.24) is 0 Å². The van der Waals surface area contributed by atoms with Gasteiger partial charge in [0.25, 0.3) is 0 Å². The van der Waals surface area contributed by atoms with Gasteiger partial charge in [-0.15, -0.1) is 0 Å². The van der Waals surface area contributed by atoms with E-state index in [1.54, 1.807) is 0 Å². The van der Waals surface area contributed by atoms with Gasteiger partial charge in [0.1, 0.15) is 0 Å². The molecule has 0 aliphatic carbocycles. The van der Waals surface area contributed by atoms with Crippen molar-refractivity contribution in [1.29, 1.82) is 0 Å². The molecule has 9 heavy (non-hydrogen) atoms. The Morgan fingerprint density at radius 2 is 2.33 bits per heavy atom. The van der Waals surface area contributed by atoms with Crippen LogP contribution in [-0.2, 0) is 9.53 Å². The van der Waals surface area contributed by atoms with Crippen molar-refractivity contribution >= 4 is 18.6 Å². The lowest BCUT2D eigenvalue weighted by Gasteiger charge is -2.01. The topological polar surface area (TPSA) is 26.3 Å². The van der Waals surface area contributed by atoms with Crippen LogP contribution in [0.25, 0.3) is 0 Å². The van der Waals surface area contributed by atoms with Crippen molar-refractivity contribution in [2.75, 3.05) is 6.61 Å². The van der Waals surface area contributed by atoms with E-state index in [4.69, 9.17) is 4.74 Å². The fraction of sp³-hybridized carbons (Fsp3) is 0.833. The Morgan fingerprint density at radius 3 is 3.11 bits per heavy atom. The molecule has 0 bridgehead atoms. The number of hydrogen-bond acceptors (Lipinski definition) is 3. The minimum Gasteiger partial charge on any atom is -0.465 e. The third kappa shape index (κ3) is 1.90. The molecule has 1 unspecified atom stereocenters. The maximum atomic E-state index is 10.7. The van der Waals surface area contributed by atoms with Gasteiger partial charge in [-0.1, -0.05) is 0 Å². The lowest BCUT2D eigenvalue weighted by molar-refractivity contribution is -0.142. The summed E-state index contributed by atoms with van der Waals surface area (Å²) in [4.78, 5) is 10.7. The van der Waals surface area contributed by atoms with E-state index in [0.717, 1.165) is 19.3 Å². The second-order valence-corrected chi connectivity index (χ2v) is 2.80. The summed E-state index contributed by atoms with van der Waals surface area (Å²) < 4.78 is 4.80. The van der Waals surface area contributed by atoms with Crippen molar-refractivity contribution < 1.29 is 9.53 Å². The third-order valence-electron chi connectivity index (χ3n) is 1.39. The fourth-order valence-electron chi connectivity index (χ4n) is 0.827. The quantitative estimate of drug-likeness (QED) is 0.408. The molecule has 3 heteroatoms. The molecule has 0 amide bonds. The normalized spacial score (nSPS) is 29.0. The van der Waals surface area contributed by atoms with Gasteiger partial charge in [-0.3, -0.25) is 4.79 Å². The van der Waals surface area contributed by atoms with E-state index < -0.39 is 0 Å². The number of ether oxygens (including phenoxy) is 1. The van der Waals surface area contributed by atoms with Gasteiger partial charge in [-0.2, -0.15) is 12.6 Å². The molecule has 0 saturated carbocycles. The Bertz CT molecular complexity index is 114. The van der Waals surface area contributed by atoms with E-state index in [2.05, 4.69) is 12.6 Å². The zero-order chi connectivity index (χ0) is 6.69. The number of esters is 1. The van der Waals surface area contributed by atoms with Crippen molar-refractivity contribution in [3.8, 4) is 0 Å². The molecule has 1 heterocycles. The minimum absolute atomic E-state index is 0.157. The summed E-state index contributed by atoms with van der Waals surface area (Å²) in [7, 11) is 0. The number of thiol groups is 1. The smallest absolute Gasteiger partial charge is 0.318 e. The van der Waals surface area contributed by atoms with E-state index in [1.807, 2.05) is 0 Å². The van der Waals surface area contributed by atoms with Gasteiger partial charge in [0.2, 0.25) is 0 Å². The van der Waals surface area contributed by atoms with Gasteiger partial charge in [0, 0.05) is 0 Å². The van der Waals surface area contributed by atoms with Crippen LogP contribution in [0.3, 0.4) is 0 Å². The maximum Gasteiger partial charge on any atom is 0.318 e. The molecule has 2 nitrogen and oxygen atoms in total. The average molecular weight is 146 g/mol. The first-order valence-corrected chi connectivity index (χ1v) is 3.67. The summed E-state index contributed by atoms with van der Waals surface area (Å²) in [5, 5.41) is -0.174. The molecule has 1 aliphatic heterocycles. The minimum atomic E-state index is -0.174. The monoisotopic (exact) mass is 146 g/mol. The van der Waals surface area contributed by atoms with Gasteiger partial charge < -0.3 is 4.74 Å². The van der Waals surface area contributed by atoms with Crippen molar-refractivity contribution in [2.24, 2.45) is 0 Å². The lowest BCUT2D eigenvalue weighted by atomic mass is 10.2. The molecule has 0 aromatic rings. The first-order valence-electron chi connectivity index (χ1n) is 3.15. The Hall–Kier alpha value is -0.180. The first-order chi connectivity index (χ1) is 4.30. The highest BCUT2D eigenvalue weighted by Crippen LogP contribution is 2.12. The van der Waals surface area contributed by atoms with Crippen molar-refractivity contribution in [3.05, 3.63) is 0 Å². The molecule has 0 spiro atoms. The van der Waals surface area contributed by atoms with Crippen LogP contribution < -0.4 is 0 Å². The molecule has 1 atom stereocenters. The average Bonchev–Trinajstić information content (AvgIpc) is 1.99. The predicted molar refractivity (Wildman–Crippen MR) is 37.6 cm³/mol. The Morgan fingerprint density at radius 1 is 1.56 bits per heavy atom. The summed E-state index contributed by atoms with van der Waals surface area (Å²) >= 11 is 4.05. The van der Waals surface area contributed by atoms with Gasteiger partial charge in [-0.25, -0.2) is 0 Å². The lowest BCUT2D eigenvalue weighted by Crippen LogP contribution is -2.14. The summed E-state index contributed by atoms with van der Waals surface area (Å²) in [5.74, 6) is -0.157. The second kappa shape index (κ2) is 3.11. The molecule has 0 N–H and O–H groups in total. The van der Waals surface area contributed by atoms with Crippen LogP contribution in [0.4, 0.5) is 0 Å². The summed E-state index contributed by atoms with van der Waals surface area (Å²) in [6.45, 7) is 0.579. The zero-order valence-electron chi connectivity index (χ0n) is 5.17. The van der Waals surface area contributed by atoms with Crippen LogP contribution in [0.5, 0.6) is 0 Å². The van der Waals surface area contributed by atoms with E-state index in [1.165, 1.54) is 0 Å². The SMILES string of the molecule is O=C1OCCCCC1S. The van der Waals surface area contributed by atoms with E-state index in [9.17, 15) is 4.79 Å². The molecular weight excluding hydrogens is 136 g/mol. The number of carbonyl (C=O) groups excluding carboxylic acids is 1. The second-order valence-electron chi connectivity index (χ2n) is 2.18. The Labute approximate surface area is 60.0 Å². The largest absolute Gasteiger partial charge is 0.465 e. The van der Waals surface area contributed by atoms with E-state index in [-0.39, 0.29) is 11.2 Å². The van der Waals surface area contributed by atoms with Gasteiger partial charge in [-0.05, 0) is 19.3 Å². The standard InChI is InChI=1S/C6H10O2S/c7-6-5(9)3-1-2-4-8-6/h5,9H,1-4H2. The molecule has 0 aromatic heterocycles. The van der Waals surface area contributed by atoms with Crippen LogP contribution in [0.2, 0.25) is 0 Å². The van der Waals surface area contributed by atoms with Crippen LogP contribution in [-0.4, -0.2) is 17.8 Å². The Balaban J connectivity index is 2.41. The predicted octanol–water partition coefficient (Wildman–Crippen LogP) is 1.01. The summed E-state index contributed by atoms with van der Waals surface area (Å²) in [6, 6.07) is 0. The highest BCUT2D eigenvalue weighted by atomic mass is 32.1. The van der Waals surface area contributed by atoms with Crippen molar-refractivity contribution in [3.63, 3.8) is 0 Å². The summed E-state index contributed by atoms with van der Waals surface area (Å²) in [5.41, 5.74) is 0. The third-order valence-corrected chi connectivity index (χ3v) is 1.86. The zero-order valence-corrected chi connectivity index (χ0v) is 6.06. The van der Waals surface area contributed by atoms with E-state index >= 15 is 0 Å². The van der Waals surface area contributed by atoms with Crippen LogP contribution >= 0.6 is 12.6 Å². The molecule has 0 aromatic carbocycles. The van der Waals surface area contributed by atoms with Crippen LogP contribution in [0, 0.1) is 0 Å². The van der Waals surface area contributed by atoms with Crippen molar-refractivity contribution in [2.45, 2.75) is 24.5 Å².